The summed E-state index contributed by atoms with van der Waals surface area (Å²) in [5.74, 6) is 0.562. The molecule has 0 radical (unpaired) electrons. The van der Waals surface area contributed by atoms with Gasteiger partial charge in [0.25, 0.3) is 0 Å². The first kappa shape index (κ1) is 20.6. The molecule has 1 fully saturated rings. The van der Waals surface area contributed by atoms with Gasteiger partial charge in [0, 0.05) is 32.7 Å². The van der Waals surface area contributed by atoms with Crippen molar-refractivity contribution in [2.75, 3.05) is 33.3 Å². The number of rotatable bonds is 5. The monoisotopic (exact) mass is 414 g/mol. The third-order valence-corrected chi connectivity index (χ3v) is 6.66. The van der Waals surface area contributed by atoms with E-state index in [9.17, 15) is 21.6 Å². The first-order valence-corrected chi connectivity index (χ1v) is 10.2. The Balaban J connectivity index is 1.66. The van der Waals surface area contributed by atoms with Crippen LogP contribution in [-0.4, -0.2) is 50.9 Å². The number of methoxy groups -OCH3 is 1. The molecular weight excluding hydrogens is 393 g/mol. The Hall–Kier alpha value is -2.10. The van der Waals surface area contributed by atoms with Crippen molar-refractivity contribution in [3.63, 3.8) is 0 Å². The summed E-state index contributed by atoms with van der Waals surface area (Å²) in [6.07, 6.45) is -4.41. The number of sulfonamides is 1. The SMILES string of the molecule is COc1ccc(S(=O)(=O)N2CCN(Cc3ccccc3C(F)(F)F)CC2)cc1. The lowest BCUT2D eigenvalue weighted by molar-refractivity contribution is -0.138. The van der Waals surface area contributed by atoms with Crippen LogP contribution in [0.5, 0.6) is 5.75 Å². The third kappa shape index (κ3) is 4.48. The summed E-state index contributed by atoms with van der Waals surface area (Å²) in [5, 5.41) is 0. The fourth-order valence-electron chi connectivity index (χ4n) is 3.20. The van der Waals surface area contributed by atoms with Crippen molar-refractivity contribution in [3.05, 3.63) is 59.7 Å². The van der Waals surface area contributed by atoms with Crippen LogP contribution in [0.2, 0.25) is 0 Å². The number of hydrogen-bond donors (Lipinski definition) is 0. The summed E-state index contributed by atoms with van der Waals surface area (Å²) >= 11 is 0. The van der Waals surface area contributed by atoms with Crippen molar-refractivity contribution >= 4 is 10.0 Å². The number of benzene rings is 2. The molecular formula is C19H21F3N2O3S. The molecule has 5 nitrogen and oxygen atoms in total. The molecule has 0 unspecified atom stereocenters. The maximum Gasteiger partial charge on any atom is 0.416 e. The number of alkyl halides is 3. The van der Waals surface area contributed by atoms with Crippen molar-refractivity contribution < 1.29 is 26.3 Å². The molecule has 2 aromatic rings. The van der Waals surface area contributed by atoms with Crippen molar-refractivity contribution in [1.29, 1.82) is 0 Å². The fourth-order valence-corrected chi connectivity index (χ4v) is 4.62. The molecule has 9 heteroatoms. The molecule has 0 bridgehead atoms. The highest BCUT2D eigenvalue weighted by atomic mass is 32.2. The Morgan fingerprint density at radius 2 is 1.57 bits per heavy atom. The van der Waals surface area contributed by atoms with Crippen LogP contribution in [0.15, 0.2) is 53.4 Å². The van der Waals surface area contributed by atoms with Crippen LogP contribution in [0.3, 0.4) is 0 Å². The normalized spacial score (nSPS) is 16.9. The van der Waals surface area contributed by atoms with E-state index in [0.717, 1.165) is 6.07 Å². The van der Waals surface area contributed by atoms with Gasteiger partial charge in [0.1, 0.15) is 5.75 Å². The molecule has 1 aliphatic rings. The number of ether oxygens (including phenoxy) is 1. The Morgan fingerprint density at radius 1 is 0.964 bits per heavy atom. The van der Waals surface area contributed by atoms with E-state index < -0.39 is 21.8 Å². The van der Waals surface area contributed by atoms with E-state index in [1.54, 1.807) is 18.2 Å². The van der Waals surface area contributed by atoms with E-state index in [1.807, 2.05) is 4.90 Å². The van der Waals surface area contributed by atoms with Gasteiger partial charge in [0.2, 0.25) is 10.0 Å². The van der Waals surface area contributed by atoms with Crippen molar-refractivity contribution in [2.24, 2.45) is 0 Å². The third-order valence-electron chi connectivity index (χ3n) is 4.75. The number of piperazine rings is 1. The average molecular weight is 414 g/mol. The van der Waals surface area contributed by atoms with Gasteiger partial charge in [-0.15, -0.1) is 0 Å². The van der Waals surface area contributed by atoms with E-state index >= 15 is 0 Å². The van der Waals surface area contributed by atoms with E-state index in [0.29, 0.717) is 18.8 Å². The van der Waals surface area contributed by atoms with Crippen LogP contribution in [0.1, 0.15) is 11.1 Å². The van der Waals surface area contributed by atoms with Gasteiger partial charge < -0.3 is 4.74 Å². The summed E-state index contributed by atoms with van der Waals surface area (Å²) in [5.41, 5.74) is -0.454. The Kier molecular flexibility index (Phi) is 5.97. The maximum absolute atomic E-state index is 13.1. The zero-order chi connectivity index (χ0) is 20.4. The quantitative estimate of drug-likeness (QED) is 0.754. The number of hydrogen-bond acceptors (Lipinski definition) is 4. The van der Waals surface area contributed by atoms with Gasteiger partial charge in [0.15, 0.2) is 0 Å². The van der Waals surface area contributed by atoms with Gasteiger partial charge in [-0.3, -0.25) is 4.90 Å². The Bertz CT molecular complexity index is 907. The van der Waals surface area contributed by atoms with Crippen LogP contribution < -0.4 is 4.74 Å². The molecule has 28 heavy (non-hydrogen) atoms. The predicted octanol–water partition coefficient (Wildman–Crippen LogP) is 3.22. The zero-order valence-corrected chi connectivity index (χ0v) is 16.1. The molecule has 1 aliphatic heterocycles. The fraction of sp³-hybridized carbons (Fsp3) is 0.368. The van der Waals surface area contributed by atoms with E-state index in [4.69, 9.17) is 4.74 Å². The lowest BCUT2D eigenvalue weighted by Crippen LogP contribution is -2.48. The topological polar surface area (TPSA) is 49.9 Å². The van der Waals surface area contributed by atoms with Gasteiger partial charge in [0.05, 0.1) is 17.6 Å². The molecule has 0 amide bonds. The first-order valence-electron chi connectivity index (χ1n) is 8.73. The highest BCUT2D eigenvalue weighted by molar-refractivity contribution is 7.89. The average Bonchev–Trinajstić information content (AvgIpc) is 2.68. The molecule has 0 saturated carbocycles. The molecule has 0 atom stereocenters. The van der Waals surface area contributed by atoms with Gasteiger partial charge in [-0.1, -0.05) is 18.2 Å². The van der Waals surface area contributed by atoms with E-state index in [2.05, 4.69) is 0 Å². The smallest absolute Gasteiger partial charge is 0.416 e. The minimum atomic E-state index is -4.41. The highest BCUT2D eigenvalue weighted by Crippen LogP contribution is 2.32. The Morgan fingerprint density at radius 3 is 2.14 bits per heavy atom. The van der Waals surface area contributed by atoms with Crippen molar-refractivity contribution in [1.82, 2.24) is 9.21 Å². The zero-order valence-electron chi connectivity index (χ0n) is 15.3. The highest BCUT2D eigenvalue weighted by Gasteiger charge is 2.34. The second kappa shape index (κ2) is 8.10. The predicted molar refractivity (Wildman–Crippen MR) is 98.5 cm³/mol. The van der Waals surface area contributed by atoms with Crippen LogP contribution >= 0.6 is 0 Å². The molecule has 152 valence electrons. The van der Waals surface area contributed by atoms with Crippen LogP contribution in [-0.2, 0) is 22.7 Å². The van der Waals surface area contributed by atoms with Crippen molar-refractivity contribution in [3.8, 4) is 5.75 Å². The number of nitrogens with zero attached hydrogens (tertiary/aromatic N) is 2. The molecule has 1 heterocycles. The largest absolute Gasteiger partial charge is 0.497 e. The number of halogens is 3. The lowest BCUT2D eigenvalue weighted by atomic mass is 10.1. The summed E-state index contributed by atoms with van der Waals surface area (Å²) in [7, 11) is -2.14. The van der Waals surface area contributed by atoms with Crippen molar-refractivity contribution in [2.45, 2.75) is 17.6 Å². The Labute approximate surface area is 162 Å². The molecule has 0 aromatic heterocycles. The van der Waals surface area contributed by atoms with Crippen LogP contribution in [0.4, 0.5) is 13.2 Å². The van der Waals surface area contributed by atoms with Crippen LogP contribution in [0.25, 0.3) is 0 Å². The molecule has 0 aliphatic carbocycles. The molecule has 2 aromatic carbocycles. The summed E-state index contributed by atoms with van der Waals surface area (Å²) in [4.78, 5) is 2.01. The second-order valence-electron chi connectivity index (χ2n) is 6.51. The minimum absolute atomic E-state index is 0.131. The van der Waals surface area contributed by atoms with Gasteiger partial charge in [-0.25, -0.2) is 8.42 Å². The first-order chi connectivity index (χ1) is 13.2. The standard InChI is InChI=1S/C19H21F3N2O3S/c1-27-16-6-8-17(9-7-16)28(25,26)24-12-10-23(11-13-24)14-15-4-2-3-5-18(15)19(20,21)22/h2-9H,10-14H2,1H3. The van der Waals surface area contributed by atoms with E-state index in [-0.39, 0.29) is 30.1 Å². The van der Waals surface area contributed by atoms with Crippen LogP contribution in [0, 0.1) is 0 Å². The summed E-state index contributed by atoms with van der Waals surface area (Å²) in [6, 6.07) is 11.6. The molecule has 0 spiro atoms. The lowest BCUT2D eigenvalue weighted by Gasteiger charge is -2.34. The molecule has 1 saturated heterocycles. The van der Waals surface area contributed by atoms with Gasteiger partial charge in [-0.05, 0) is 35.9 Å². The minimum Gasteiger partial charge on any atom is -0.497 e. The maximum atomic E-state index is 13.1. The van der Waals surface area contributed by atoms with Gasteiger partial charge in [-0.2, -0.15) is 17.5 Å². The summed E-state index contributed by atoms with van der Waals surface area (Å²) in [6.45, 7) is 1.31. The molecule has 3 rings (SSSR count). The summed E-state index contributed by atoms with van der Waals surface area (Å²) < 4.78 is 71.4. The molecule has 0 N–H and O–H groups in total. The van der Waals surface area contributed by atoms with E-state index in [1.165, 1.54) is 35.7 Å². The second-order valence-corrected chi connectivity index (χ2v) is 8.45. The van der Waals surface area contributed by atoms with Gasteiger partial charge >= 0.3 is 6.18 Å².